The van der Waals surface area contributed by atoms with Crippen LogP contribution < -0.4 is 10.2 Å². The SMILES string of the molecule is CCC(C)NC(=O)c1ccnc(C(=O)N(Cc2ccccc2)c2ccccc2)c1. The number of carbonyl (C=O) groups is 2. The van der Waals surface area contributed by atoms with Gasteiger partial charge in [-0.05, 0) is 43.2 Å². The summed E-state index contributed by atoms with van der Waals surface area (Å²) >= 11 is 0. The Morgan fingerprint density at radius 2 is 1.66 bits per heavy atom. The third-order valence-electron chi connectivity index (χ3n) is 4.73. The number of benzene rings is 2. The number of para-hydroxylation sites is 1. The lowest BCUT2D eigenvalue weighted by Crippen LogP contribution is -2.33. The van der Waals surface area contributed by atoms with E-state index in [1.54, 1.807) is 17.0 Å². The highest BCUT2D eigenvalue weighted by Gasteiger charge is 2.21. The Morgan fingerprint density at radius 1 is 1.00 bits per heavy atom. The molecule has 2 amide bonds. The molecule has 0 bridgehead atoms. The van der Waals surface area contributed by atoms with Crippen molar-refractivity contribution < 1.29 is 9.59 Å². The molecule has 0 saturated carbocycles. The molecule has 0 spiro atoms. The standard InChI is InChI=1S/C24H25N3O2/c1-3-18(2)26-23(28)20-14-15-25-22(16-20)24(29)27(21-12-8-5-9-13-21)17-19-10-6-4-7-11-19/h4-16,18H,3,17H2,1-2H3,(H,26,28). The predicted molar refractivity (Wildman–Crippen MR) is 115 cm³/mol. The molecule has 2 aromatic carbocycles. The highest BCUT2D eigenvalue weighted by molar-refractivity contribution is 6.06. The number of nitrogens with zero attached hydrogens (tertiary/aromatic N) is 2. The van der Waals surface area contributed by atoms with Crippen LogP contribution in [-0.2, 0) is 6.54 Å². The molecule has 1 aromatic heterocycles. The lowest BCUT2D eigenvalue weighted by Gasteiger charge is -2.23. The van der Waals surface area contributed by atoms with Gasteiger partial charge >= 0.3 is 0 Å². The van der Waals surface area contributed by atoms with Crippen LogP contribution in [0.2, 0.25) is 0 Å². The van der Waals surface area contributed by atoms with Gasteiger partial charge in [-0.1, -0.05) is 55.5 Å². The first kappa shape index (κ1) is 20.3. The maximum Gasteiger partial charge on any atom is 0.277 e. The van der Waals surface area contributed by atoms with Crippen LogP contribution in [0.15, 0.2) is 79.0 Å². The normalized spacial score (nSPS) is 11.5. The van der Waals surface area contributed by atoms with E-state index in [-0.39, 0.29) is 23.6 Å². The molecule has 1 unspecified atom stereocenters. The molecule has 1 atom stereocenters. The Kier molecular flexibility index (Phi) is 6.74. The third kappa shape index (κ3) is 5.29. The van der Waals surface area contributed by atoms with Crippen LogP contribution in [0.4, 0.5) is 5.69 Å². The zero-order chi connectivity index (χ0) is 20.6. The van der Waals surface area contributed by atoms with Crippen molar-refractivity contribution in [3.05, 3.63) is 95.8 Å². The first-order chi connectivity index (χ1) is 14.1. The predicted octanol–water partition coefficient (Wildman–Crippen LogP) is 4.46. The number of hydrogen-bond donors (Lipinski definition) is 1. The zero-order valence-corrected chi connectivity index (χ0v) is 16.7. The number of pyridine rings is 1. The van der Waals surface area contributed by atoms with Crippen LogP contribution in [0.5, 0.6) is 0 Å². The lowest BCUT2D eigenvalue weighted by atomic mass is 10.1. The fourth-order valence-corrected chi connectivity index (χ4v) is 2.89. The van der Waals surface area contributed by atoms with E-state index >= 15 is 0 Å². The quantitative estimate of drug-likeness (QED) is 0.651. The van der Waals surface area contributed by atoms with Crippen LogP contribution in [0.3, 0.4) is 0 Å². The second-order valence-electron chi connectivity index (χ2n) is 6.92. The van der Waals surface area contributed by atoms with Gasteiger partial charge in [-0.15, -0.1) is 0 Å². The monoisotopic (exact) mass is 387 g/mol. The van der Waals surface area contributed by atoms with Gasteiger partial charge in [0.05, 0.1) is 6.54 Å². The zero-order valence-electron chi connectivity index (χ0n) is 16.7. The van der Waals surface area contributed by atoms with Gasteiger partial charge in [0.15, 0.2) is 0 Å². The van der Waals surface area contributed by atoms with Crippen LogP contribution in [-0.4, -0.2) is 22.8 Å². The molecule has 3 aromatic rings. The minimum Gasteiger partial charge on any atom is -0.350 e. The Hall–Kier alpha value is -3.47. The number of rotatable bonds is 7. The summed E-state index contributed by atoms with van der Waals surface area (Å²) in [5, 5.41) is 2.92. The number of amides is 2. The van der Waals surface area contributed by atoms with Gasteiger partial charge in [0.2, 0.25) is 0 Å². The van der Waals surface area contributed by atoms with E-state index in [0.29, 0.717) is 12.1 Å². The number of anilines is 1. The van der Waals surface area contributed by atoms with Crippen molar-refractivity contribution in [3.8, 4) is 0 Å². The van der Waals surface area contributed by atoms with E-state index in [0.717, 1.165) is 17.7 Å². The summed E-state index contributed by atoms with van der Waals surface area (Å²) in [5.41, 5.74) is 2.45. The topological polar surface area (TPSA) is 62.3 Å². The Labute approximate surface area is 171 Å². The summed E-state index contributed by atoms with van der Waals surface area (Å²) in [6, 6.07) is 22.5. The van der Waals surface area contributed by atoms with Crippen molar-refractivity contribution in [2.75, 3.05) is 4.90 Å². The van der Waals surface area contributed by atoms with Crippen molar-refractivity contribution in [1.29, 1.82) is 0 Å². The van der Waals surface area contributed by atoms with Gasteiger partial charge in [-0.2, -0.15) is 0 Å². The molecule has 0 saturated heterocycles. The molecule has 0 fully saturated rings. The molecular weight excluding hydrogens is 362 g/mol. The fourth-order valence-electron chi connectivity index (χ4n) is 2.89. The molecule has 3 rings (SSSR count). The van der Waals surface area contributed by atoms with Crippen molar-refractivity contribution in [3.63, 3.8) is 0 Å². The average Bonchev–Trinajstić information content (AvgIpc) is 2.78. The van der Waals surface area contributed by atoms with Crippen LogP contribution >= 0.6 is 0 Å². The average molecular weight is 387 g/mol. The minimum atomic E-state index is -0.252. The van der Waals surface area contributed by atoms with E-state index in [1.165, 1.54) is 6.20 Å². The summed E-state index contributed by atoms with van der Waals surface area (Å²) in [7, 11) is 0. The van der Waals surface area contributed by atoms with Crippen molar-refractivity contribution in [2.45, 2.75) is 32.9 Å². The van der Waals surface area contributed by atoms with Crippen LogP contribution in [0, 0.1) is 0 Å². The molecule has 0 radical (unpaired) electrons. The second-order valence-corrected chi connectivity index (χ2v) is 6.92. The molecule has 148 valence electrons. The molecule has 29 heavy (non-hydrogen) atoms. The number of aromatic nitrogens is 1. The maximum atomic E-state index is 13.3. The van der Waals surface area contributed by atoms with E-state index in [2.05, 4.69) is 10.3 Å². The Bertz CT molecular complexity index is 958. The molecular formula is C24H25N3O2. The summed E-state index contributed by atoms with van der Waals surface area (Å²) in [5.74, 6) is -0.455. The molecule has 1 heterocycles. The van der Waals surface area contributed by atoms with Gasteiger partial charge in [0, 0.05) is 23.5 Å². The molecule has 5 nitrogen and oxygen atoms in total. The molecule has 5 heteroatoms. The summed E-state index contributed by atoms with van der Waals surface area (Å²) in [4.78, 5) is 31.7. The number of nitrogens with one attached hydrogen (secondary N) is 1. The molecule has 1 N–H and O–H groups in total. The van der Waals surface area contributed by atoms with Gasteiger partial charge < -0.3 is 10.2 Å². The van der Waals surface area contributed by atoms with E-state index < -0.39 is 0 Å². The van der Waals surface area contributed by atoms with Crippen molar-refractivity contribution in [2.24, 2.45) is 0 Å². The van der Waals surface area contributed by atoms with E-state index in [1.807, 2.05) is 74.5 Å². The van der Waals surface area contributed by atoms with Crippen molar-refractivity contribution >= 4 is 17.5 Å². The Morgan fingerprint density at radius 3 is 2.31 bits per heavy atom. The summed E-state index contributed by atoms with van der Waals surface area (Å²) in [6.45, 7) is 4.37. The fraction of sp³-hybridized carbons (Fsp3) is 0.208. The van der Waals surface area contributed by atoms with Crippen LogP contribution in [0.25, 0.3) is 0 Å². The molecule has 0 aliphatic carbocycles. The Balaban J connectivity index is 1.90. The van der Waals surface area contributed by atoms with Gasteiger partial charge in [0.25, 0.3) is 11.8 Å². The second kappa shape index (κ2) is 9.64. The smallest absolute Gasteiger partial charge is 0.277 e. The lowest BCUT2D eigenvalue weighted by molar-refractivity contribution is 0.0939. The first-order valence-electron chi connectivity index (χ1n) is 9.76. The van der Waals surface area contributed by atoms with E-state index in [4.69, 9.17) is 0 Å². The minimum absolute atomic E-state index is 0.0636. The highest BCUT2D eigenvalue weighted by atomic mass is 16.2. The number of hydrogen-bond acceptors (Lipinski definition) is 3. The first-order valence-corrected chi connectivity index (χ1v) is 9.76. The van der Waals surface area contributed by atoms with Crippen molar-refractivity contribution in [1.82, 2.24) is 10.3 Å². The van der Waals surface area contributed by atoms with Crippen LogP contribution in [0.1, 0.15) is 46.7 Å². The summed E-state index contributed by atoms with van der Waals surface area (Å²) < 4.78 is 0. The summed E-state index contributed by atoms with van der Waals surface area (Å²) in [6.07, 6.45) is 2.34. The van der Waals surface area contributed by atoms with Gasteiger partial charge in [-0.3, -0.25) is 14.6 Å². The van der Waals surface area contributed by atoms with Gasteiger partial charge in [0.1, 0.15) is 5.69 Å². The van der Waals surface area contributed by atoms with E-state index in [9.17, 15) is 9.59 Å². The van der Waals surface area contributed by atoms with Gasteiger partial charge in [-0.25, -0.2) is 0 Å². The molecule has 0 aliphatic rings. The third-order valence-corrected chi connectivity index (χ3v) is 4.73. The highest BCUT2D eigenvalue weighted by Crippen LogP contribution is 2.20. The molecule has 0 aliphatic heterocycles. The largest absolute Gasteiger partial charge is 0.350 e. The number of carbonyl (C=O) groups excluding carboxylic acids is 2. The maximum absolute atomic E-state index is 13.3.